The van der Waals surface area contributed by atoms with E-state index in [4.69, 9.17) is 9.84 Å². The predicted octanol–water partition coefficient (Wildman–Crippen LogP) is 2.32. The number of carboxylic acids is 1. The number of aliphatic carboxylic acids is 1. The van der Waals surface area contributed by atoms with Gasteiger partial charge in [-0.2, -0.15) is 0 Å². The number of hydrogen-bond donors (Lipinski definition) is 2. The van der Waals surface area contributed by atoms with Gasteiger partial charge in [0.2, 0.25) is 0 Å². The zero-order valence-electron chi connectivity index (χ0n) is 11.1. The van der Waals surface area contributed by atoms with Crippen molar-refractivity contribution in [1.29, 1.82) is 0 Å². The average molecular weight is 267 g/mol. The number of alkyl carbamates (subject to hydrolysis) is 1. The van der Waals surface area contributed by atoms with Crippen LogP contribution >= 0.6 is 0 Å². The molecule has 0 radical (unpaired) electrons. The van der Waals surface area contributed by atoms with Crippen LogP contribution in [0.1, 0.15) is 38.5 Å². The van der Waals surface area contributed by atoms with Crippen LogP contribution in [0.3, 0.4) is 0 Å². The van der Waals surface area contributed by atoms with Gasteiger partial charge in [0.15, 0.2) is 0 Å². The van der Waals surface area contributed by atoms with E-state index >= 15 is 0 Å². The molecule has 5 heteroatoms. The summed E-state index contributed by atoms with van der Waals surface area (Å²) in [5, 5.41) is 11.9. The zero-order chi connectivity index (χ0) is 13.9. The van der Waals surface area contributed by atoms with Crippen LogP contribution in [-0.4, -0.2) is 29.8 Å². The van der Waals surface area contributed by atoms with Crippen molar-refractivity contribution in [2.24, 2.45) is 11.3 Å². The standard InChI is InChI=1S/C14H21NO4/c1-2-9-19-13(18)15-11-5-8-14(11)6-3-10(4-7-14)12(16)17/h2,10-11H,1,3-9H2,(H,15,18)(H,16,17). The summed E-state index contributed by atoms with van der Waals surface area (Å²) in [6.45, 7) is 3.71. The van der Waals surface area contributed by atoms with Gasteiger partial charge in [-0.15, -0.1) is 0 Å². The Labute approximate surface area is 113 Å². The van der Waals surface area contributed by atoms with Gasteiger partial charge in [0.1, 0.15) is 6.61 Å². The lowest BCUT2D eigenvalue weighted by Gasteiger charge is -2.52. The maximum absolute atomic E-state index is 11.5. The van der Waals surface area contributed by atoms with Crippen LogP contribution in [0.15, 0.2) is 12.7 Å². The molecule has 0 bridgehead atoms. The summed E-state index contributed by atoms with van der Waals surface area (Å²) in [7, 11) is 0. The first-order chi connectivity index (χ1) is 9.07. The molecule has 2 saturated carbocycles. The highest BCUT2D eigenvalue weighted by Crippen LogP contribution is 2.52. The highest BCUT2D eigenvalue weighted by atomic mass is 16.5. The van der Waals surface area contributed by atoms with E-state index in [-0.39, 0.29) is 24.0 Å². The number of rotatable bonds is 4. The van der Waals surface area contributed by atoms with Crippen molar-refractivity contribution in [3.05, 3.63) is 12.7 Å². The fraction of sp³-hybridized carbons (Fsp3) is 0.714. The van der Waals surface area contributed by atoms with Gasteiger partial charge >= 0.3 is 12.1 Å². The van der Waals surface area contributed by atoms with E-state index in [0.717, 1.165) is 38.5 Å². The summed E-state index contributed by atoms with van der Waals surface area (Å²) in [4.78, 5) is 22.5. The number of ether oxygens (including phenoxy) is 1. The van der Waals surface area contributed by atoms with E-state index in [2.05, 4.69) is 11.9 Å². The average Bonchev–Trinajstić information content (AvgIpc) is 2.41. The Bertz CT molecular complexity index is 372. The van der Waals surface area contributed by atoms with Crippen LogP contribution in [0.25, 0.3) is 0 Å². The third-order valence-corrected chi connectivity index (χ3v) is 4.63. The lowest BCUT2D eigenvalue weighted by Crippen LogP contribution is -2.56. The first kappa shape index (κ1) is 13.9. The van der Waals surface area contributed by atoms with Gasteiger partial charge < -0.3 is 15.2 Å². The summed E-state index contributed by atoms with van der Waals surface area (Å²) in [5.41, 5.74) is 0.110. The second-order valence-corrected chi connectivity index (χ2v) is 5.60. The minimum Gasteiger partial charge on any atom is -0.481 e. The lowest BCUT2D eigenvalue weighted by atomic mass is 9.56. The molecule has 2 fully saturated rings. The van der Waals surface area contributed by atoms with Gasteiger partial charge in [-0.1, -0.05) is 12.7 Å². The molecule has 1 atom stereocenters. The maximum atomic E-state index is 11.5. The zero-order valence-corrected chi connectivity index (χ0v) is 11.1. The molecule has 0 aromatic heterocycles. The largest absolute Gasteiger partial charge is 0.481 e. The van der Waals surface area contributed by atoms with Gasteiger partial charge in [-0.3, -0.25) is 4.79 Å². The number of hydrogen-bond acceptors (Lipinski definition) is 3. The summed E-state index contributed by atoms with van der Waals surface area (Å²) in [6.07, 6.45) is 6.38. The van der Waals surface area contributed by atoms with Crippen molar-refractivity contribution in [2.75, 3.05) is 6.61 Å². The molecule has 2 N–H and O–H groups in total. The Balaban J connectivity index is 1.83. The van der Waals surface area contributed by atoms with E-state index in [1.54, 1.807) is 0 Å². The molecule has 0 aliphatic heterocycles. The SMILES string of the molecule is C=CCOC(=O)NC1CCC12CCC(C(=O)O)CC2. The molecule has 2 rings (SSSR count). The number of carbonyl (C=O) groups is 2. The van der Waals surface area contributed by atoms with E-state index in [9.17, 15) is 9.59 Å². The summed E-state index contributed by atoms with van der Waals surface area (Å²) in [5.74, 6) is -0.899. The monoisotopic (exact) mass is 267 g/mol. The Morgan fingerprint density at radius 2 is 1.95 bits per heavy atom. The first-order valence-corrected chi connectivity index (χ1v) is 6.84. The minimum atomic E-state index is -0.691. The number of amides is 1. The van der Waals surface area contributed by atoms with Gasteiger partial charge in [-0.25, -0.2) is 4.79 Å². The van der Waals surface area contributed by atoms with Gasteiger partial charge in [-0.05, 0) is 43.9 Å². The molecule has 0 saturated heterocycles. The third kappa shape index (κ3) is 2.91. The number of carboxylic acid groups (broad SMARTS) is 1. The minimum absolute atomic E-state index is 0.110. The van der Waals surface area contributed by atoms with E-state index in [0.29, 0.717) is 0 Å². The summed E-state index contributed by atoms with van der Waals surface area (Å²) >= 11 is 0. The van der Waals surface area contributed by atoms with Crippen molar-refractivity contribution in [3.63, 3.8) is 0 Å². The Morgan fingerprint density at radius 3 is 2.42 bits per heavy atom. The molecule has 0 aromatic carbocycles. The van der Waals surface area contributed by atoms with Crippen molar-refractivity contribution < 1.29 is 19.4 Å². The molecule has 19 heavy (non-hydrogen) atoms. The van der Waals surface area contributed by atoms with Gasteiger partial charge in [0, 0.05) is 6.04 Å². The van der Waals surface area contributed by atoms with E-state index in [1.165, 1.54) is 6.08 Å². The number of nitrogens with one attached hydrogen (secondary N) is 1. The molecule has 1 unspecified atom stereocenters. The second kappa shape index (κ2) is 5.63. The Kier molecular flexibility index (Phi) is 4.12. The Hall–Kier alpha value is -1.52. The fourth-order valence-electron chi connectivity index (χ4n) is 3.28. The molecule has 1 amide bonds. The topological polar surface area (TPSA) is 75.6 Å². The molecule has 2 aliphatic carbocycles. The molecular formula is C14H21NO4. The highest BCUT2D eigenvalue weighted by molar-refractivity contribution is 5.70. The van der Waals surface area contributed by atoms with Crippen LogP contribution in [0, 0.1) is 11.3 Å². The molecule has 106 valence electrons. The molecular weight excluding hydrogens is 246 g/mol. The quantitative estimate of drug-likeness (QED) is 0.766. The van der Waals surface area contributed by atoms with Crippen molar-refractivity contribution in [1.82, 2.24) is 5.32 Å². The Morgan fingerprint density at radius 1 is 1.32 bits per heavy atom. The highest BCUT2D eigenvalue weighted by Gasteiger charge is 2.49. The molecule has 5 nitrogen and oxygen atoms in total. The molecule has 0 aromatic rings. The van der Waals surface area contributed by atoms with Crippen LogP contribution in [0.4, 0.5) is 4.79 Å². The van der Waals surface area contributed by atoms with Crippen molar-refractivity contribution in [3.8, 4) is 0 Å². The van der Waals surface area contributed by atoms with Crippen LogP contribution in [0.5, 0.6) is 0 Å². The van der Waals surface area contributed by atoms with Crippen molar-refractivity contribution in [2.45, 2.75) is 44.6 Å². The first-order valence-electron chi connectivity index (χ1n) is 6.84. The fourth-order valence-corrected chi connectivity index (χ4v) is 3.28. The number of carbonyl (C=O) groups excluding carboxylic acids is 1. The van der Waals surface area contributed by atoms with Crippen LogP contribution < -0.4 is 5.32 Å². The van der Waals surface area contributed by atoms with Crippen LogP contribution in [-0.2, 0) is 9.53 Å². The van der Waals surface area contributed by atoms with E-state index in [1.807, 2.05) is 0 Å². The smallest absolute Gasteiger partial charge is 0.407 e. The van der Waals surface area contributed by atoms with Gasteiger partial charge in [0.25, 0.3) is 0 Å². The summed E-state index contributed by atoms with van der Waals surface area (Å²) < 4.78 is 4.93. The second-order valence-electron chi connectivity index (χ2n) is 5.60. The van der Waals surface area contributed by atoms with Crippen LogP contribution in [0.2, 0.25) is 0 Å². The molecule has 0 heterocycles. The lowest BCUT2D eigenvalue weighted by molar-refractivity contribution is -0.144. The normalized spacial score (nSPS) is 33.3. The van der Waals surface area contributed by atoms with Gasteiger partial charge in [0.05, 0.1) is 5.92 Å². The predicted molar refractivity (Wildman–Crippen MR) is 69.7 cm³/mol. The van der Waals surface area contributed by atoms with Crippen molar-refractivity contribution >= 4 is 12.1 Å². The maximum Gasteiger partial charge on any atom is 0.407 e. The summed E-state index contributed by atoms with van der Waals surface area (Å²) in [6, 6.07) is 0.138. The van der Waals surface area contributed by atoms with E-state index < -0.39 is 12.1 Å². The molecule has 1 spiro atoms. The molecule has 2 aliphatic rings. The third-order valence-electron chi connectivity index (χ3n) is 4.63.